The summed E-state index contributed by atoms with van der Waals surface area (Å²) in [6.07, 6.45) is 4.57. The Morgan fingerprint density at radius 3 is 2.64 bits per heavy atom. The first kappa shape index (κ1) is 16.4. The van der Waals surface area contributed by atoms with Crippen molar-refractivity contribution in [3.8, 4) is 10.7 Å². The van der Waals surface area contributed by atoms with Gasteiger partial charge in [0.25, 0.3) is 0 Å². The second kappa shape index (κ2) is 7.46. The van der Waals surface area contributed by atoms with Gasteiger partial charge < -0.3 is 0 Å². The van der Waals surface area contributed by atoms with Gasteiger partial charge in [0.05, 0.1) is 11.4 Å². The first-order valence-electron chi connectivity index (χ1n) is 8.94. The van der Waals surface area contributed by atoms with E-state index in [9.17, 15) is 0 Å². The van der Waals surface area contributed by atoms with Crippen molar-refractivity contribution >= 4 is 11.3 Å². The summed E-state index contributed by atoms with van der Waals surface area (Å²) in [5.41, 5.74) is 3.49. The number of aromatic nitrogens is 2. The molecule has 25 heavy (non-hydrogen) atoms. The molecule has 1 aliphatic rings. The molecule has 1 unspecified atom stereocenters. The van der Waals surface area contributed by atoms with Crippen molar-refractivity contribution in [3.63, 3.8) is 0 Å². The lowest BCUT2D eigenvalue weighted by atomic mass is 10.1. The summed E-state index contributed by atoms with van der Waals surface area (Å²) in [4.78, 5) is 11.8. The fourth-order valence-corrected chi connectivity index (χ4v) is 3.91. The van der Waals surface area contributed by atoms with Crippen LogP contribution in [0.5, 0.6) is 0 Å². The number of benzene rings is 1. The van der Waals surface area contributed by atoms with E-state index < -0.39 is 0 Å². The van der Waals surface area contributed by atoms with Crippen molar-refractivity contribution in [2.24, 2.45) is 5.92 Å². The van der Waals surface area contributed by atoms with Gasteiger partial charge in [-0.05, 0) is 43.4 Å². The van der Waals surface area contributed by atoms with Crippen molar-refractivity contribution in [1.29, 1.82) is 0 Å². The van der Waals surface area contributed by atoms with Crippen LogP contribution >= 0.6 is 11.3 Å². The van der Waals surface area contributed by atoms with Crippen LogP contribution in [0.2, 0.25) is 0 Å². The Morgan fingerprint density at radius 2 is 1.92 bits per heavy atom. The fraction of sp³-hybridized carbons (Fsp3) is 0.333. The van der Waals surface area contributed by atoms with Crippen LogP contribution in [0.1, 0.15) is 37.1 Å². The van der Waals surface area contributed by atoms with Crippen LogP contribution in [0.3, 0.4) is 0 Å². The van der Waals surface area contributed by atoms with Gasteiger partial charge in [0.15, 0.2) is 0 Å². The van der Waals surface area contributed by atoms with E-state index in [1.54, 1.807) is 11.3 Å². The fourth-order valence-electron chi connectivity index (χ4n) is 3.13. The quantitative estimate of drug-likeness (QED) is 0.588. The zero-order valence-corrected chi connectivity index (χ0v) is 15.3. The molecule has 1 atom stereocenters. The number of hydrogen-bond acceptors (Lipinski definition) is 4. The number of pyridine rings is 1. The maximum atomic E-state index is 4.84. The van der Waals surface area contributed by atoms with Crippen LogP contribution in [0, 0.1) is 5.92 Å². The molecule has 0 radical (unpaired) electrons. The monoisotopic (exact) mass is 349 g/mol. The summed E-state index contributed by atoms with van der Waals surface area (Å²) >= 11 is 1.69. The maximum absolute atomic E-state index is 4.84. The van der Waals surface area contributed by atoms with Crippen LogP contribution in [0.4, 0.5) is 0 Å². The summed E-state index contributed by atoms with van der Waals surface area (Å²) in [7, 11) is 0. The van der Waals surface area contributed by atoms with Gasteiger partial charge in [0, 0.05) is 30.7 Å². The van der Waals surface area contributed by atoms with Gasteiger partial charge in [-0.15, -0.1) is 11.3 Å². The third-order valence-corrected chi connectivity index (χ3v) is 5.73. The molecule has 1 saturated carbocycles. The number of nitrogens with zero attached hydrogens (tertiary/aromatic N) is 3. The summed E-state index contributed by atoms with van der Waals surface area (Å²) in [5.74, 6) is 0.861. The van der Waals surface area contributed by atoms with E-state index in [4.69, 9.17) is 4.98 Å². The van der Waals surface area contributed by atoms with E-state index in [1.807, 2.05) is 24.4 Å². The lowest BCUT2D eigenvalue weighted by Crippen LogP contribution is -2.29. The molecule has 1 fully saturated rings. The highest BCUT2D eigenvalue weighted by Crippen LogP contribution is 2.34. The highest BCUT2D eigenvalue weighted by molar-refractivity contribution is 7.13. The van der Waals surface area contributed by atoms with Gasteiger partial charge in [-0.1, -0.05) is 36.4 Å². The molecule has 0 N–H and O–H groups in total. The first-order valence-corrected chi connectivity index (χ1v) is 9.82. The van der Waals surface area contributed by atoms with Crippen molar-refractivity contribution in [1.82, 2.24) is 14.9 Å². The molecule has 0 spiro atoms. The summed E-state index contributed by atoms with van der Waals surface area (Å²) in [5, 5.41) is 3.19. The molecular formula is C21H23N3S. The van der Waals surface area contributed by atoms with E-state index in [2.05, 4.69) is 52.5 Å². The lowest BCUT2D eigenvalue weighted by Gasteiger charge is -2.29. The van der Waals surface area contributed by atoms with Crippen LogP contribution in [0.25, 0.3) is 10.7 Å². The molecule has 2 heterocycles. The average Bonchev–Trinajstić information content (AvgIpc) is 3.37. The number of hydrogen-bond donors (Lipinski definition) is 0. The summed E-state index contributed by atoms with van der Waals surface area (Å²) in [6, 6.07) is 17.2. The van der Waals surface area contributed by atoms with Gasteiger partial charge in [0.1, 0.15) is 5.01 Å². The summed E-state index contributed by atoms with van der Waals surface area (Å²) < 4.78 is 0. The van der Waals surface area contributed by atoms with Crippen LogP contribution in [-0.4, -0.2) is 21.4 Å². The second-order valence-electron chi connectivity index (χ2n) is 6.82. The van der Waals surface area contributed by atoms with Crippen molar-refractivity contribution in [2.75, 3.05) is 6.54 Å². The minimum absolute atomic E-state index is 0.404. The van der Waals surface area contributed by atoms with E-state index in [0.717, 1.165) is 35.4 Å². The van der Waals surface area contributed by atoms with Gasteiger partial charge in [-0.2, -0.15) is 0 Å². The third-order valence-electron chi connectivity index (χ3n) is 4.82. The molecule has 4 heteroatoms. The molecule has 3 nitrogen and oxygen atoms in total. The first-order chi connectivity index (χ1) is 12.3. The van der Waals surface area contributed by atoms with Crippen molar-refractivity contribution < 1.29 is 0 Å². The molecule has 0 bridgehead atoms. The average molecular weight is 350 g/mol. The van der Waals surface area contributed by atoms with Gasteiger partial charge in [-0.25, -0.2) is 4.98 Å². The minimum Gasteiger partial charge on any atom is -0.290 e. The minimum atomic E-state index is 0.404. The molecule has 0 saturated heterocycles. The Morgan fingerprint density at radius 1 is 1.12 bits per heavy atom. The molecule has 0 aliphatic heterocycles. The Balaban J connectivity index is 1.52. The second-order valence-corrected chi connectivity index (χ2v) is 7.68. The van der Waals surface area contributed by atoms with Crippen LogP contribution in [-0.2, 0) is 6.54 Å². The highest BCUT2D eigenvalue weighted by atomic mass is 32.1. The number of thiazole rings is 1. The third kappa shape index (κ3) is 4.14. The number of rotatable bonds is 7. The van der Waals surface area contributed by atoms with Crippen molar-refractivity contribution in [3.05, 3.63) is 71.4 Å². The molecule has 1 aliphatic carbocycles. The predicted octanol–water partition coefficient (Wildman–Crippen LogP) is 5.18. The summed E-state index contributed by atoms with van der Waals surface area (Å²) in [6.45, 7) is 4.37. The molecule has 3 aromatic rings. The Kier molecular flexibility index (Phi) is 4.90. The smallest absolute Gasteiger partial charge is 0.142 e. The molecule has 4 rings (SSSR count). The molecule has 0 amide bonds. The van der Waals surface area contributed by atoms with E-state index in [0.29, 0.717) is 6.04 Å². The maximum Gasteiger partial charge on any atom is 0.142 e. The van der Waals surface area contributed by atoms with E-state index in [1.165, 1.54) is 18.4 Å². The highest BCUT2D eigenvalue weighted by Gasteiger charge is 2.27. The van der Waals surface area contributed by atoms with Gasteiger partial charge in [0.2, 0.25) is 0 Å². The normalized spacial score (nSPS) is 15.4. The lowest BCUT2D eigenvalue weighted by molar-refractivity contribution is 0.190. The van der Waals surface area contributed by atoms with E-state index >= 15 is 0 Å². The Bertz CT molecular complexity index is 796. The standard InChI is InChI=1S/C21H23N3S/c1-16(18-7-3-2-4-8-18)24(13-17-10-11-17)14-19-15-25-21(23-19)20-9-5-6-12-22-20/h2-9,12,15-17H,10-11,13-14H2,1H3. The van der Waals surface area contributed by atoms with Crippen LogP contribution < -0.4 is 0 Å². The SMILES string of the molecule is CC(c1ccccc1)N(Cc1csc(-c2ccccn2)n1)CC1CC1. The van der Waals surface area contributed by atoms with Gasteiger partial charge in [-0.3, -0.25) is 9.88 Å². The molecular weight excluding hydrogens is 326 g/mol. The molecule has 128 valence electrons. The topological polar surface area (TPSA) is 29.0 Å². The van der Waals surface area contributed by atoms with Crippen molar-refractivity contribution in [2.45, 2.75) is 32.4 Å². The molecule has 1 aromatic carbocycles. The van der Waals surface area contributed by atoms with Crippen LogP contribution in [0.15, 0.2) is 60.1 Å². The van der Waals surface area contributed by atoms with E-state index in [-0.39, 0.29) is 0 Å². The zero-order chi connectivity index (χ0) is 17.1. The predicted molar refractivity (Wildman–Crippen MR) is 103 cm³/mol. The largest absolute Gasteiger partial charge is 0.290 e. The Hall–Kier alpha value is -2.04. The zero-order valence-electron chi connectivity index (χ0n) is 14.5. The van der Waals surface area contributed by atoms with Gasteiger partial charge >= 0.3 is 0 Å². The Labute approximate surface area is 153 Å². The molecule has 2 aromatic heterocycles.